The van der Waals surface area contributed by atoms with Gasteiger partial charge in [-0.2, -0.15) is 0 Å². The smallest absolute Gasteiger partial charge is 0.357 e. The quantitative estimate of drug-likeness (QED) is 0.815. The highest BCUT2D eigenvalue weighted by atomic mass is 79.9. The van der Waals surface area contributed by atoms with Crippen LogP contribution in [0, 0.1) is 0 Å². The lowest BCUT2D eigenvalue weighted by molar-refractivity contribution is 0.0466. The van der Waals surface area contributed by atoms with E-state index in [1.165, 1.54) is 0 Å². The minimum Gasteiger partial charge on any atom is -0.456 e. The van der Waals surface area contributed by atoms with E-state index < -0.39 is 5.97 Å². The zero-order valence-corrected chi connectivity index (χ0v) is 10.6. The van der Waals surface area contributed by atoms with Crippen molar-refractivity contribution in [1.82, 2.24) is 4.98 Å². The van der Waals surface area contributed by atoms with Crippen LogP contribution in [0.2, 0.25) is 0 Å². The van der Waals surface area contributed by atoms with Gasteiger partial charge in [-0.05, 0) is 29.8 Å². The molecular formula is C13H10BrNO2. The van der Waals surface area contributed by atoms with E-state index in [-0.39, 0.29) is 6.61 Å². The van der Waals surface area contributed by atoms with Crippen LogP contribution in [0.4, 0.5) is 0 Å². The number of hydrogen-bond donors (Lipinski definition) is 0. The topological polar surface area (TPSA) is 39.2 Å². The molecule has 3 nitrogen and oxygen atoms in total. The summed E-state index contributed by atoms with van der Waals surface area (Å²) in [6, 6.07) is 12.7. The molecule has 0 radical (unpaired) electrons. The highest BCUT2D eigenvalue weighted by Gasteiger charge is 2.07. The number of carbonyl (C=O) groups is 1. The maximum absolute atomic E-state index is 11.6. The third-order valence-electron chi connectivity index (χ3n) is 2.16. The minimum atomic E-state index is -0.409. The summed E-state index contributed by atoms with van der Waals surface area (Å²) in [5.74, 6) is -0.409. The van der Waals surface area contributed by atoms with E-state index >= 15 is 0 Å². The van der Waals surface area contributed by atoms with Gasteiger partial charge in [-0.25, -0.2) is 9.78 Å². The average molecular weight is 292 g/mol. The molecule has 4 heteroatoms. The van der Waals surface area contributed by atoms with Crippen molar-refractivity contribution >= 4 is 21.9 Å². The lowest BCUT2D eigenvalue weighted by atomic mass is 10.2. The molecule has 1 heterocycles. The summed E-state index contributed by atoms with van der Waals surface area (Å²) in [6.07, 6.45) is 1.57. The number of nitrogens with zero attached hydrogens (tertiary/aromatic N) is 1. The predicted octanol–water partition coefficient (Wildman–Crippen LogP) is 3.20. The number of rotatable bonds is 3. The van der Waals surface area contributed by atoms with Crippen LogP contribution in [0.5, 0.6) is 0 Å². The van der Waals surface area contributed by atoms with Crippen molar-refractivity contribution in [1.29, 1.82) is 0 Å². The largest absolute Gasteiger partial charge is 0.456 e. The summed E-state index contributed by atoms with van der Waals surface area (Å²) < 4.78 is 6.13. The molecule has 0 amide bonds. The standard InChI is InChI=1S/C13H10BrNO2/c14-11-6-4-10(5-7-11)9-17-13(16)12-3-1-2-8-15-12/h1-8H,9H2. The predicted molar refractivity (Wildman–Crippen MR) is 67.5 cm³/mol. The molecule has 0 aliphatic carbocycles. The Labute approximate surface area is 108 Å². The zero-order chi connectivity index (χ0) is 12.1. The van der Waals surface area contributed by atoms with E-state index in [2.05, 4.69) is 20.9 Å². The number of halogens is 1. The lowest BCUT2D eigenvalue weighted by Crippen LogP contribution is -2.06. The molecule has 0 N–H and O–H groups in total. The number of ether oxygens (including phenoxy) is 1. The molecule has 1 aromatic carbocycles. The van der Waals surface area contributed by atoms with Gasteiger partial charge in [0.15, 0.2) is 0 Å². The van der Waals surface area contributed by atoms with Crippen LogP contribution in [0.15, 0.2) is 53.1 Å². The molecule has 0 saturated carbocycles. The van der Waals surface area contributed by atoms with Gasteiger partial charge < -0.3 is 4.74 Å². The number of aromatic nitrogens is 1. The van der Waals surface area contributed by atoms with Gasteiger partial charge in [0.25, 0.3) is 0 Å². The maximum Gasteiger partial charge on any atom is 0.357 e. The van der Waals surface area contributed by atoms with Gasteiger partial charge in [-0.1, -0.05) is 34.1 Å². The van der Waals surface area contributed by atoms with Crippen LogP contribution < -0.4 is 0 Å². The van der Waals surface area contributed by atoms with Crippen LogP contribution in [0.3, 0.4) is 0 Å². The number of benzene rings is 1. The molecule has 2 rings (SSSR count). The third kappa shape index (κ3) is 3.39. The van der Waals surface area contributed by atoms with Gasteiger partial charge in [-0.3, -0.25) is 0 Å². The highest BCUT2D eigenvalue weighted by molar-refractivity contribution is 9.10. The molecular weight excluding hydrogens is 282 g/mol. The molecule has 0 aliphatic heterocycles. The maximum atomic E-state index is 11.6. The van der Waals surface area contributed by atoms with Crippen LogP contribution in [0.25, 0.3) is 0 Å². The van der Waals surface area contributed by atoms with E-state index in [0.717, 1.165) is 10.0 Å². The van der Waals surface area contributed by atoms with Gasteiger partial charge in [-0.15, -0.1) is 0 Å². The molecule has 86 valence electrons. The Morgan fingerprint density at radius 2 is 1.94 bits per heavy atom. The summed E-state index contributed by atoms with van der Waals surface area (Å²) in [5.41, 5.74) is 1.27. The molecule has 0 fully saturated rings. The fourth-order valence-electron chi connectivity index (χ4n) is 1.29. The van der Waals surface area contributed by atoms with Crippen molar-refractivity contribution in [2.24, 2.45) is 0 Å². The zero-order valence-electron chi connectivity index (χ0n) is 8.97. The van der Waals surface area contributed by atoms with Crippen LogP contribution >= 0.6 is 15.9 Å². The van der Waals surface area contributed by atoms with Crippen molar-refractivity contribution in [2.75, 3.05) is 0 Å². The Morgan fingerprint density at radius 3 is 2.59 bits per heavy atom. The summed E-state index contributed by atoms with van der Waals surface area (Å²) >= 11 is 3.34. The molecule has 0 saturated heterocycles. The summed E-state index contributed by atoms with van der Waals surface area (Å²) in [4.78, 5) is 15.5. The first kappa shape index (κ1) is 11.8. The fourth-order valence-corrected chi connectivity index (χ4v) is 1.55. The highest BCUT2D eigenvalue weighted by Crippen LogP contribution is 2.11. The summed E-state index contributed by atoms with van der Waals surface area (Å²) in [7, 11) is 0. The van der Waals surface area contributed by atoms with Crippen LogP contribution in [-0.2, 0) is 11.3 Å². The minimum absolute atomic E-state index is 0.253. The van der Waals surface area contributed by atoms with Crippen molar-refractivity contribution in [3.63, 3.8) is 0 Å². The van der Waals surface area contributed by atoms with Gasteiger partial charge >= 0.3 is 5.97 Å². The molecule has 0 atom stereocenters. The first-order valence-electron chi connectivity index (χ1n) is 5.08. The molecule has 0 aliphatic rings. The monoisotopic (exact) mass is 291 g/mol. The summed E-state index contributed by atoms with van der Waals surface area (Å²) in [6.45, 7) is 0.253. The molecule has 0 bridgehead atoms. The third-order valence-corrected chi connectivity index (χ3v) is 2.69. The Balaban J connectivity index is 1.95. The molecule has 0 spiro atoms. The Kier molecular flexibility index (Phi) is 3.88. The normalized spacial score (nSPS) is 9.94. The molecule has 2 aromatic rings. The van der Waals surface area contributed by atoms with Crippen molar-refractivity contribution < 1.29 is 9.53 Å². The number of carbonyl (C=O) groups excluding carboxylic acids is 1. The van der Waals surface area contributed by atoms with Crippen LogP contribution in [-0.4, -0.2) is 11.0 Å². The van der Waals surface area contributed by atoms with E-state index in [0.29, 0.717) is 5.69 Å². The molecule has 0 unspecified atom stereocenters. The van der Waals surface area contributed by atoms with Gasteiger partial charge in [0, 0.05) is 10.7 Å². The number of pyridine rings is 1. The van der Waals surface area contributed by atoms with Crippen LogP contribution in [0.1, 0.15) is 16.1 Å². The molecule has 1 aromatic heterocycles. The summed E-state index contributed by atoms with van der Waals surface area (Å²) in [5, 5.41) is 0. The molecule has 17 heavy (non-hydrogen) atoms. The Hall–Kier alpha value is -1.68. The second-order valence-corrected chi connectivity index (χ2v) is 4.33. The van der Waals surface area contributed by atoms with E-state index in [1.807, 2.05) is 24.3 Å². The first-order valence-corrected chi connectivity index (χ1v) is 5.87. The van der Waals surface area contributed by atoms with Crippen molar-refractivity contribution in [2.45, 2.75) is 6.61 Å². The van der Waals surface area contributed by atoms with Gasteiger partial charge in [0.05, 0.1) is 0 Å². The van der Waals surface area contributed by atoms with E-state index in [1.54, 1.807) is 24.4 Å². The van der Waals surface area contributed by atoms with Crippen molar-refractivity contribution in [3.05, 3.63) is 64.4 Å². The fraction of sp³-hybridized carbons (Fsp3) is 0.0769. The van der Waals surface area contributed by atoms with Crippen molar-refractivity contribution in [3.8, 4) is 0 Å². The second-order valence-electron chi connectivity index (χ2n) is 3.42. The SMILES string of the molecule is O=C(OCc1ccc(Br)cc1)c1ccccn1. The van der Waals surface area contributed by atoms with Gasteiger partial charge in [0.2, 0.25) is 0 Å². The van der Waals surface area contributed by atoms with E-state index in [4.69, 9.17) is 4.74 Å². The number of esters is 1. The average Bonchev–Trinajstić information content (AvgIpc) is 2.39. The first-order chi connectivity index (χ1) is 8.25. The Bertz CT molecular complexity index is 497. The number of hydrogen-bond acceptors (Lipinski definition) is 3. The van der Waals surface area contributed by atoms with Gasteiger partial charge in [0.1, 0.15) is 12.3 Å². The lowest BCUT2D eigenvalue weighted by Gasteiger charge is -2.04. The second kappa shape index (κ2) is 5.59. The Morgan fingerprint density at radius 1 is 1.18 bits per heavy atom. The van der Waals surface area contributed by atoms with E-state index in [9.17, 15) is 4.79 Å².